The van der Waals surface area contributed by atoms with E-state index in [1.807, 2.05) is 0 Å². The quantitative estimate of drug-likeness (QED) is 0.153. The molecule has 0 aliphatic heterocycles. The van der Waals surface area contributed by atoms with Crippen LogP contribution in [0.15, 0.2) is 247 Å². The Kier molecular flexibility index (Phi) is 8.83. The summed E-state index contributed by atoms with van der Waals surface area (Å²) in [5.74, 6) is 0. The molecule has 0 N–H and O–H groups in total. The van der Waals surface area contributed by atoms with E-state index in [1.165, 1.54) is 32.9 Å². The molecular formula is C60H40N2O. The summed E-state index contributed by atoms with van der Waals surface area (Å²) in [5, 5.41) is 4.76. The summed E-state index contributed by atoms with van der Waals surface area (Å²) in [6.07, 6.45) is 0. The van der Waals surface area contributed by atoms with Crippen LogP contribution in [0, 0.1) is 0 Å². The maximum atomic E-state index is 6.67. The molecule has 0 saturated heterocycles. The van der Waals surface area contributed by atoms with E-state index in [4.69, 9.17) is 4.42 Å². The van der Waals surface area contributed by atoms with E-state index in [0.717, 1.165) is 78.1 Å². The fraction of sp³-hybridized carbons (Fsp3) is 0. The fourth-order valence-electron chi connectivity index (χ4n) is 9.45. The Bertz CT molecular complexity index is 3550. The molecule has 0 radical (unpaired) electrons. The van der Waals surface area contributed by atoms with Crippen molar-refractivity contribution in [1.82, 2.24) is 4.57 Å². The van der Waals surface area contributed by atoms with Gasteiger partial charge in [0.2, 0.25) is 0 Å². The van der Waals surface area contributed by atoms with Gasteiger partial charge in [-0.25, -0.2) is 0 Å². The average molecular weight is 805 g/mol. The molecule has 0 aliphatic rings. The van der Waals surface area contributed by atoms with Crippen LogP contribution in [0.4, 0.5) is 17.1 Å². The topological polar surface area (TPSA) is 21.3 Å². The van der Waals surface area contributed by atoms with Crippen LogP contribution >= 0.6 is 0 Å². The van der Waals surface area contributed by atoms with Gasteiger partial charge in [-0.15, -0.1) is 0 Å². The Morgan fingerprint density at radius 2 is 0.810 bits per heavy atom. The van der Waals surface area contributed by atoms with Gasteiger partial charge in [-0.2, -0.15) is 0 Å². The Hall–Kier alpha value is -8.40. The van der Waals surface area contributed by atoms with Crippen LogP contribution in [-0.4, -0.2) is 4.57 Å². The van der Waals surface area contributed by atoms with Crippen molar-refractivity contribution in [2.24, 2.45) is 0 Å². The van der Waals surface area contributed by atoms with E-state index >= 15 is 0 Å². The number of benzene rings is 10. The first-order chi connectivity index (χ1) is 31.2. The van der Waals surface area contributed by atoms with Gasteiger partial charge in [0.05, 0.1) is 11.0 Å². The number of nitrogens with zero attached hydrogens (tertiary/aromatic N) is 2. The minimum atomic E-state index is 0.877. The number of hydrogen-bond acceptors (Lipinski definition) is 2. The van der Waals surface area contributed by atoms with E-state index in [1.54, 1.807) is 0 Å². The van der Waals surface area contributed by atoms with Crippen molar-refractivity contribution in [3.05, 3.63) is 243 Å². The number of fused-ring (bicyclic) bond motifs is 6. The molecule has 0 saturated carbocycles. The molecule has 12 rings (SSSR count). The first-order valence-corrected chi connectivity index (χ1v) is 21.5. The monoisotopic (exact) mass is 804 g/mol. The van der Waals surface area contributed by atoms with Crippen LogP contribution in [0.25, 0.3) is 93.9 Å². The standard InChI is InChI=1S/C60H40N2O/c1-3-15-41(16-4-1)45-19-11-21-49(39-45)61(47-35-31-42(32-36-47)43-33-37-48(38-34-43)62-56-28-9-7-23-53(56)54-24-8-10-29-57(54)62)50-22-12-20-46(40-50)51-25-14-30-58-59(51)55-27-13-26-52(60(55)63-58)44-17-5-2-6-18-44/h1-40H. The van der Waals surface area contributed by atoms with Gasteiger partial charge < -0.3 is 13.9 Å². The molecule has 63 heavy (non-hydrogen) atoms. The Balaban J connectivity index is 0.945. The predicted octanol–water partition coefficient (Wildman–Crippen LogP) is 16.8. The van der Waals surface area contributed by atoms with E-state index < -0.39 is 0 Å². The van der Waals surface area contributed by atoms with Crippen molar-refractivity contribution >= 4 is 60.8 Å². The Morgan fingerprint density at radius 3 is 1.49 bits per heavy atom. The third-order valence-electron chi connectivity index (χ3n) is 12.4. The summed E-state index contributed by atoms with van der Waals surface area (Å²) < 4.78 is 9.03. The molecule has 0 spiro atoms. The number of para-hydroxylation sites is 3. The zero-order valence-electron chi connectivity index (χ0n) is 34.4. The lowest BCUT2D eigenvalue weighted by molar-refractivity contribution is 0.670. The molecule has 0 fully saturated rings. The third kappa shape index (κ3) is 6.38. The highest BCUT2D eigenvalue weighted by Gasteiger charge is 2.19. The first kappa shape index (κ1) is 36.5. The molecule has 2 aromatic heterocycles. The molecule has 296 valence electrons. The summed E-state index contributed by atoms with van der Waals surface area (Å²) in [6.45, 7) is 0. The molecule has 0 aliphatic carbocycles. The largest absolute Gasteiger partial charge is 0.455 e. The van der Waals surface area contributed by atoms with Gasteiger partial charge >= 0.3 is 0 Å². The number of furan rings is 1. The van der Waals surface area contributed by atoms with Crippen molar-refractivity contribution < 1.29 is 4.42 Å². The second-order valence-electron chi connectivity index (χ2n) is 16.1. The summed E-state index contributed by atoms with van der Waals surface area (Å²) >= 11 is 0. The van der Waals surface area contributed by atoms with Gasteiger partial charge in [0.25, 0.3) is 0 Å². The normalized spacial score (nSPS) is 11.5. The molecule has 2 heterocycles. The van der Waals surface area contributed by atoms with E-state index in [9.17, 15) is 0 Å². The lowest BCUT2D eigenvalue weighted by Gasteiger charge is -2.27. The van der Waals surface area contributed by atoms with Crippen molar-refractivity contribution in [3.8, 4) is 50.2 Å². The molecule has 3 nitrogen and oxygen atoms in total. The van der Waals surface area contributed by atoms with Crippen LogP contribution in [0.1, 0.15) is 0 Å². The maximum absolute atomic E-state index is 6.67. The summed E-state index contributed by atoms with van der Waals surface area (Å²) in [4.78, 5) is 2.37. The molecule has 3 heteroatoms. The van der Waals surface area contributed by atoms with E-state index in [2.05, 4.69) is 252 Å². The Labute approximate surface area is 366 Å². The van der Waals surface area contributed by atoms with Gasteiger partial charge in [0.15, 0.2) is 0 Å². The molecule has 0 amide bonds. The minimum absolute atomic E-state index is 0.877. The Morgan fingerprint density at radius 1 is 0.317 bits per heavy atom. The lowest BCUT2D eigenvalue weighted by Crippen LogP contribution is -2.10. The molecule has 0 unspecified atom stereocenters. The van der Waals surface area contributed by atoms with E-state index in [-0.39, 0.29) is 0 Å². The van der Waals surface area contributed by atoms with Gasteiger partial charge in [-0.3, -0.25) is 0 Å². The predicted molar refractivity (Wildman–Crippen MR) is 264 cm³/mol. The zero-order chi connectivity index (χ0) is 41.7. The van der Waals surface area contributed by atoms with Crippen molar-refractivity contribution in [2.75, 3.05) is 4.90 Å². The van der Waals surface area contributed by atoms with Crippen LogP contribution in [0.5, 0.6) is 0 Å². The second kappa shape index (κ2) is 15.3. The lowest BCUT2D eigenvalue weighted by atomic mass is 9.97. The number of aromatic nitrogens is 1. The SMILES string of the molecule is c1ccc(-c2cccc(N(c3ccc(-c4ccc(-n5c6ccccc6c6ccccc65)cc4)cc3)c3cccc(-c4cccc5oc6c(-c7ccccc7)cccc6c45)c3)c2)cc1. The maximum Gasteiger partial charge on any atom is 0.143 e. The van der Waals surface area contributed by atoms with Crippen molar-refractivity contribution in [1.29, 1.82) is 0 Å². The van der Waals surface area contributed by atoms with Crippen LogP contribution in [0.3, 0.4) is 0 Å². The number of anilines is 3. The highest BCUT2D eigenvalue weighted by Crippen LogP contribution is 2.43. The fourth-order valence-corrected chi connectivity index (χ4v) is 9.45. The van der Waals surface area contributed by atoms with Crippen molar-refractivity contribution in [3.63, 3.8) is 0 Å². The number of rotatable bonds is 8. The van der Waals surface area contributed by atoms with Gasteiger partial charge in [0.1, 0.15) is 11.2 Å². The van der Waals surface area contributed by atoms with Crippen molar-refractivity contribution in [2.45, 2.75) is 0 Å². The number of hydrogen-bond donors (Lipinski definition) is 0. The third-order valence-corrected chi connectivity index (χ3v) is 12.4. The summed E-state index contributed by atoms with van der Waals surface area (Å²) in [7, 11) is 0. The van der Waals surface area contributed by atoms with Gasteiger partial charge in [-0.05, 0) is 106 Å². The van der Waals surface area contributed by atoms with Crippen LogP contribution in [-0.2, 0) is 0 Å². The molecule has 12 aromatic rings. The van der Waals surface area contributed by atoms with Gasteiger partial charge in [-0.1, -0.05) is 176 Å². The first-order valence-electron chi connectivity index (χ1n) is 21.5. The zero-order valence-corrected chi connectivity index (χ0v) is 34.4. The molecule has 0 bridgehead atoms. The smallest absolute Gasteiger partial charge is 0.143 e. The minimum Gasteiger partial charge on any atom is -0.455 e. The average Bonchev–Trinajstić information content (AvgIpc) is 3.92. The summed E-state index contributed by atoms with van der Waals surface area (Å²) in [5.41, 5.74) is 17.7. The van der Waals surface area contributed by atoms with Crippen LogP contribution < -0.4 is 4.90 Å². The molecular weight excluding hydrogens is 765 g/mol. The highest BCUT2D eigenvalue weighted by atomic mass is 16.3. The van der Waals surface area contributed by atoms with Crippen LogP contribution in [0.2, 0.25) is 0 Å². The highest BCUT2D eigenvalue weighted by molar-refractivity contribution is 6.15. The van der Waals surface area contributed by atoms with E-state index in [0.29, 0.717) is 0 Å². The second-order valence-corrected chi connectivity index (χ2v) is 16.1. The van der Waals surface area contributed by atoms with Gasteiger partial charge in [0, 0.05) is 49.9 Å². The molecule has 10 aromatic carbocycles. The molecule has 0 atom stereocenters. The summed E-state index contributed by atoms with van der Waals surface area (Å²) in [6, 6.07) is 86.9.